The summed E-state index contributed by atoms with van der Waals surface area (Å²) in [5.74, 6) is 0. The van der Waals surface area contributed by atoms with Crippen LogP contribution in [0.5, 0.6) is 0 Å². The number of fused-ring (bicyclic) bond motifs is 1. The Morgan fingerprint density at radius 3 is 2.67 bits per heavy atom. The van der Waals surface area contributed by atoms with Gasteiger partial charge in [0.2, 0.25) is 0 Å². The fourth-order valence-electron chi connectivity index (χ4n) is 2.36. The van der Waals surface area contributed by atoms with E-state index in [0.29, 0.717) is 0 Å². The van der Waals surface area contributed by atoms with Crippen LogP contribution in [0.3, 0.4) is 0 Å². The Morgan fingerprint density at radius 2 is 2.07 bits per heavy atom. The van der Waals surface area contributed by atoms with Gasteiger partial charge in [-0.05, 0) is 23.1 Å². The minimum Gasteiger partial charge on any atom is -0.387 e. The van der Waals surface area contributed by atoms with Crippen molar-refractivity contribution in [3.05, 3.63) is 34.9 Å². The van der Waals surface area contributed by atoms with E-state index in [1.54, 1.807) is 0 Å². The number of rotatable bonds is 1. The third-order valence-electron chi connectivity index (χ3n) is 3.50. The fraction of sp³-hybridized carbons (Fsp3) is 0.538. The number of aliphatic hydroxyl groups excluding tert-OH is 1. The van der Waals surface area contributed by atoms with Crippen molar-refractivity contribution in [2.45, 2.75) is 43.5 Å². The van der Waals surface area contributed by atoms with Crippen molar-refractivity contribution >= 4 is 15.9 Å². The summed E-state index contributed by atoms with van der Waals surface area (Å²) in [6.07, 6.45) is 0.648. The smallest absolute Gasteiger partial charge is 0.0926 e. The predicted octanol–water partition coefficient (Wildman–Crippen LogP) is 3.34. The molecule has 0 saturated heterocycles. The highest BCUT2D eigenvalue weighted by Crippen LogP contribution is 2.48. The van der Waals surface area contributed by atoms with Crippen molar-refractivity contribution in [1.82, 2.24) is 0 Å². The maximum Gasteiger partial charge on any atom is 0.0926 e. The Bertz CT molecular complexity index is 384. The minimum atomic E-state index is -0.374. The molecule has 1 aromatic carbocycles. The van der Waals surface area contributed by atoms with Crippen LogP contribution in [0.1, 0.15) is 43.6 Å². The Hall–Kier alpha value is -0.340. The standard InChI is InChI=1S/C13H17BrO/c1-4-8-5-6-10-9(7-8)11(15)12(14)13(10,2)3/h5-7,11-12,15H,4H2,1-3H3/t11-,12+/m0/s1. The maximum absolute atomic E-state index is 10.2. The summed E-state index contributed by atoms with van der Waals surface area (Å²) in [5, 5.41) is 10.2. The van der Waals surface area contributed by atoms with Gasteiger partial charge in [0, 0.05) is 5.41 Å². The third kappa shape index (κ3) is 1.55. The minimum absolute atomic E-state index is 0.0149. The van der Waals surface area contributed by atoms with Gasteiger partial charge in [-0.25, -0.2) is 0 Å². The molecule has 1 N–H and O–H groups in total. The molecular weight excluding hydrogens is 252 g/mol. The zero-order valence-corrected chi connectivity index (χ0v) is 11.0. The lowest BCUT2D eigenvalue weighted by Gasteiger charge is -2.24. The lowest BCUT2D eigenvalue weighted by atomic mass is 9.86. The van der Waals surface area contributed by atoms with Crippen molar-refractivity contribution in [3.8, 4) is 0 Å². The van der Waals surface area contributed by atoms with Gasteiger partial charge in [-0.2, -0.15) is 0 Å². The second-order valence-corrected chi connectivity index (χ2v) is 5.83. The van der Waals surface area contributed by atoms with Crippen LogP contribution < -0.4 is 0 Å². The quantitative estimate of drug-likeness (QED) is 0.775. The van der Waals surface area contributed by atoms with Gasteiger partial charge in [-0.3, -0.25) is 0 Å². The molecule has 1 aliphatic carbocycles. The summed E-state index contributed by atoms with van der Waals surface area (Å²) < 4.78 is 0. The molecule has 1 aromatic rings. The molecule has 2 heteroatoms. The van der Waals surface area contributed by atoms with E-state index in [-0.39, 0.29) is 16.3 Å². The largest absolute Gasteiger partial charge is 0.387 e. The van der Waals surface area contributed by atoms with Crippen LogP contribution in [0.25, 0.3) is 0 Å². The first-order valence-corrected chi connectivity index (χ1v) is 6.35. The normalized spacial score (nSPS) is 27.8. The first kappa shape index (κ1) is 11.2. The van der Waals surface area contributed by atoms with Crippen LogP contribution in [0.2, 0.25) is 0 Å². The monoisotopic (exact) mass is 268 g/mol. The van der Waals surface area contributed by atoms with Gasteiger partial charge in [0.15, 0.2) is 0 Å². The second-order valence-electron chi connectivity index (χ2n) is 4.84. The lowest BCUT2D eigenvalue weighted by Crippen LogP contribution is -2.25. The summed E-state index contributed by atoms with van der Waals surface area (Å²) in [7, 11) is 0. The molecule has 0 fully saturated rings. The summed E-state index contributed by atoms with van der Waals surface area (Å²) in [4.78, 5) is 0.118. The highest BCUT2D eigenvalue weighted by Gasteiger charge is 2.44. The summed E-state index contributed by atoms with van der Waals surface area (Å²) in [5.41, 5.74) is 3.68. The van der Waals surface area contributed by atoms with Crippen molar-refractivity contribution in [3.63, 3.8) is 0 Å². The molecule has 1 nitrogen and oxygen atoms in total. The van der Waals surface area contributed by atoms with Crippen LogP contribution in [-0.4, -0.2) is 9.93 Å². The molecule has 0 heterocycles. The van der Waals surface area contributed by atoms with Crippen molar-refractivity contribution in [2.75, 3.05) is 0 Å². The van der Waals surface area contributed by atoms with Crippen LogP contribution >= 0.6 is 15.9 Å². The third-order valence-corrected chi connectivity index (χ3v) is 5.15. The maximum atomic E-state index is 10.2. The van der Waals surface area contributed by atoms with Gasteiger partial charge in [0.05, 0.1) is 10.9 Å². The van der Waals surface area contributed by atoms with Gasteiger partial charge in [-0.15, -0.1) is 0 Å². The molecule has 0 spiro atoms. The number of benzene rings is 1. The van der Waals surface area contributed by atoms with Crippen LogP contribution in [-0.2, 0) is 11.8 Å². The van der Waals surface area contributed by atoms with E-state index in [9.17, 15) is 5.11 Å². The van der Waals surface area contributed by atoms with E-state index in [4.69, 9.17) is 0 Å². The highest BCUT2D eigenvalue weighted by atomic mass is 79.9. The molecule has 15 heavy (non-hydrogen) atoms. The first-order valence-electron chi connectivity index (χ1n) is 5.44. The molecule has 1 aliphatic rings. The van der Waals surface area contributed by atoms with Gasteiger partial charge in [0.25, 0.3) is 0 Å². The van der Waals surface area contributed by atoms with Gasteiger partial charge < -0.3 is 5.11 Å². The number of hydrogen-bond acceptors (Lipinski definition) is 1. The SMILES string of the molecule is CCc1ccc2c(c1)[C@H](O)[C@@H](Br)C2(C)C. The number of aryl methyl sites for hydroxylation is 1. The average molecular weight is 269 g/mol. The number of hydrogen-bond donors (Lipinski definition) is 1. The zero-order chi connectivity index (χ0) is 11.2. The Labute approximate surface area is 99.6 Å². The Kier molecular flexibility index (Phi) is 2.68. The van der Waals surface area contributed by atoms with Crippen LogP contribution in [0.4, 0.5) is 0 Å². The van der Waals surface area contributed by atoms with Crippen LogP contribution in [0.15, 0.2) is 18.2 Å². The summed E-state index contributed by atoms with van der Waals surface area (Å²) >= 11 is 3.60. The molecule has 0 aliphatic heterocycles. The average Bonchev–Trinajstić information content (AvgIpc) is 2.40. The molecule has 0 radical (unpaired) electrons. The Morgan fingerprint density at radius 1 is 1.40 bits per heavy atom. The summed E-state index contributed by atoms with van der Waals surface area (Å²) in [6.45, 7) is 6.49. The van der Waals surface area contributed by atoms with E-state index >= 15 is 0 Å². The topological polar surface area (TPSA) is 20.2 Å². The molecule has 2 atom stereocenters. The molecule has 0 saturated carbocycles. The van der Waals surface area contributed by atoms with Crippen LogP contribution in [0, 0.1) is 0 Å². The summed E-state index contributed by atoms with van der Waals surface area (Å²) in [6, 6.07) is 6.47. The second kappa shape index (κ2) is 3.60. The zero-order valence-electron chi connectivity index (χ0n) is 9.42. The van der Waals surface area contributed by atoms with Gasteiger partial charge >= 0.3 is 0 Å². The van der Waals surface area contributed by atoms with Gasteiger partial charge in [0.1, 0.15) is 0 Å². The number of alkyl halides is 1. The lowest BCUT2D eigenvalue weighted by molar-refractivity contribution is 0.171. The molecule has 0 bridgehead atoms. The molecule has 0 amide bonds. The first-order chi connectivity index (χ1) is 6.98. The number of aliphatic hydroxyl groups is 1. The predicted molar refractivity (Wildman–Crippen MR) is 66.5 cm³/mol. The van der Waals surface area contributed by atoms with E-state index in [1.807, 2.05) is 0 Å². The van der Waals surface area contributed by atoms with E-state index < -0.39 is 0 Å². The van der Waals surface area contributed by atoms with E-state index in [2.05, 4.69) is 54.9 Å². The van der Waals surface area contributed by atoms with Gasteiger partial charge in [-0.1, -0.05) is 54.9 Å². The number of halogens is 1. The molecule has 0 unspecified atom stereocenters. The van der Waals surface area contributed by atoms with E-state index in [0.717, 1.165) is 12.0 Å². The van der Waals surface area contributed by atoms with Crippen molar-refractivity contribution < 1.29 is 5.11 Å². The fourth-order valence-corrected chi connectivity index (χ4v) is 2.90. The van der Waals surface area contributed by atoms with Crippen molar-refractivity contribution in [1.29, 1.82) is 0 Å². The molecule has 0 aromatic heterocycles. The molecular formula is C13H17BrO. The molecule has 82 valence electrons. The molecule has 2 rings (SSSR count). The Balaban J connectivity index is 2.56. The highest BCUT2D eigenvalue weighted by molar-refractivity contribution is 9.09. The van der Waals surface area contributed by atoms with E-state index in [1.165, 1.54) is 11.1 Å². The van der Waals surface area contributed by atoms with Crippen molar-refractivity contribution in [2.24, 2.45) is 0 Å².